The van der Waals surface area contributed by atoms with Crippen LogP contribution in [-0.2, 0) is 13.2 Å². The van der Waals surface area contributed by atoms with E-state index in [1.54, 1.807) is 25.3 Å². The van der Waals surface area contributed by atoms with Crippen LogP contribution >= 0.6 is 0 Å². The van der Waals surface area contributed by atoms with Gasteiger partial charge in [-0.05, 0) is 28.8 Å². The fraction of sp³-hybridized carbons (Fsp3) is 0.273. The zero-order valence-electron chi connectivity index (χ0n) is 8.16. The summed E-state index contributed by atoms with van der Waals surface area (Å²) in [4.78, 5) is 0. The Hall–Kier alpha value is -1.32. The van der Waals surface area contributed by atoms with Gasteiger partial charge < -0.3 is 14.9 Å². The van der Waals surface area contributed by atoms with Gasteiger partial charge in [-0.25, -0.2) is 0 Å². The third-order valence-electron chi connectivity index (χ3n) is 2.11. The van der Waals surface area contributed by atoms with E-state index in [-0.39, 0.29) is 13.2 Å². The van der Waals surface area contributed by atoms with Gasteiger partial charge in [0.15, 0.2) is 0 Å². The molecule has 0 spiro atoms. The number of aliphatic hydroxyl groups is 2. The molecule has 0 amide bonds. The summed E-state index contributed by atoms with van der Waals surface area (Å²) in [6, 6.07) is 3.46. The molecule has 14 heavy (non-hydrogen) atoms. The predicted octanol–water partition coefficient (Wildman–Crippen LogP) is 1.32. The Bertz CT molecular complexity index is 306. The molecular weight excluding hydrogens is 180 g/mol. The van der Waals surface area contributed by atoms with E-state index in [0.29, 0.717) is 16.9 Å². The van der Waals surface area contributed by atoms with Crippen molar-refractivity contribution in [1.82, 2.24) is 0 Å². The van der Waals surface area contributed by atoms with Gasteiger partial charge in [0.25, 0.3) is 0 Å². The van der Waals surface area contributed by atoms with Gasteiger partial charge >= 0.3 is 0 Å². The monoisotopic (exact) mass is 194 g/mol. The highest BCUT2D eigenvalue weighted by Gasteiger charge is 2.07. The van der Waals surface area contributed by atoms with Gasteiger partial charge in [0.05, 0.1) is 20.3 Å². The van der Waals surface area contributed by atoms with Crippen LogP contribution in [0.15, 0.2) is 18.7 Å². The second kappa shape index (κ2) is 4.79. The standard InChI is InChI=1S/C11H14O3/c1-3-11-8(6-12)4-10(14-2)5-9(11)7-13/h3-5,12-13H,1,6-7H2,2H3. The molecule has 2 N–H and O–H groups in total. The molecule has 0 fully saturated rings. The van der Waals surface area contributed by atoms with E-state index in [9.17, 15) is 0 Å². The van der Waals surface area contributed by atoms with Crippen LogP contribution in [0.4, 0.5) is 0 Å². The fourth-order valence-electron chi connectivity index (χ4n) is 1.39. The number of hydrogen-bond acceptors (Lipinski definition) is 3. The number of methoxy groups -OCH3 is 1. The fourth-order valence-corrected chi connectivity index (χ4v) is 1.39. The van der Waals surface area contributed by atoms with Crippen LogP contribution in [0.1, 0.15) is 16.7 Å². The Balaban J connectivity index is 3.31. The topological polar surface area (TPSA) is 49.7 Å². The van der Waals surface area contributed by atoms with E-state index < -0.39 is 0 Å². The van der Waals surface area contributed by atoms with Crippen molar-refractivity contribution in [3.63, 3.8) is 0 Å². The number of hydrogen-bond donors (Lipinski definition) is 2. The Kier molecular flexibility index (Phi) is 3.68. The van der Waals surface area contributed by atoms with Crippen molar-refractivity contribution in [3.8, 4) is 5.75 Å². The van der Waals surface area contributed by atoms with Crippen molar-refractivity contribution in [2.24, 2.45) is 0 Å². The van der Waals surface area contributed by atoms with E-state index >= 15 is 0 Å². The van der Waals surface area contributed by atoms with Crippen LogP contribution < -0.4 is 4.74 Å². The van der Waals surface area contributed by atoms with Crippen molar-refractivity contribution in [3.05, 3.63) is 35.4 Å². The first kappa shape index (κ1) is 10.8. The molecule has 3 heteroatoms. The molecule has 0 aliphatic heterocycles. The second-order valence-electron chi connectivity index (χ2n) is 2.88. The summed E-state index contributed by atoms with van der Waals surface area (Å²) < 4.78 is 5.04. The maximum atomic E-state index is 9.10. The van der Waals surface area contributed by atoms with Gasteiger partial charge in [0.2, 0.25) is 0 Å². The molecule has 1 aromatic carbocycles. The highest BCUT2D eigenvalue weighted by Crippen LogP contribution is 2.23. The number of aliphatic hydroxyl groups excluding tert-OH is 2. The van der Waals surface area contributed by atoms with Gasteiger partial charge in [0, 0.05) is 0 Å². The molecule has 0 radical (unpaired) electrons. The predicted molar refractivity (Wildman–Crippen MR) is 54.9 cm³/mol. The van der Waals surface area contributed by atoms with Gasteiger partial charge in [0.1, 0.15) is 5.75 Å². The molecule has 0 heterocycles. The minimum absolute atomic E-state index is 0.0917. The molecular formula is C11H14O3. The molecule has 1 rings (SSSR count). The minimum atomic E-state index is -0.0917. The third-order valence-corrected chi connectivity index (χ3v) is 2.11. The summed E-state index contributed by atoms with van der Waals surface area (Å²) in [5, 5.41) is 18.2. The van der Waals surface area contributed by atoms with E-state index in [4.69, 9.17) is 14.9 Å². The average molecular weight is 194 g/mol. The lowest BCUT2D eigenvalue weighted by molar-refractivity contribution is 0.273. The van der Waals surface area contributed by atoms with Crippen LogP contribution in [0.3, 0.4) is 0 Å². The molecule has 0 saturated carbocycles. The Morgan fingerprint density at radius 3 is 2.07 bits per heavy atom. The summed E-state index contributed by atoms with van der Waals surface area (Å²) in [6.45, 7) is 3.46. The van der Waals surface area contributed by atoms with Crippen LogP contribution in [0.2, 0.25) is 0 Å². The molecule has 0 saturated heterocycles. The van der Waals surface area contributed by atoms with Gasteiger partial charge in [-0.1, -0.05) is 12.7 Å². The number of rotatable bonds is 4. The molecule has 0 unspecified atom stereocenters. The van der Waals surface area contributed by atoms with Crippen LogP contribution in [0.25, 0.3) is 6.08 Å². The molecule has 0 atom stereocenters. The van der Waals surface area contributed by atoms with E-state index in [0.717, 1.165) is 5.56 Å². The largest absolute Gasteiger partial charge is 0.497 e. The van der Waals surface area contributed by atoms with Crippen molar-refractivity contribution in [1.29, 1.82) is 0 Å². The van der Waals surface area contributed by atoms with E-state index in [1.165, 1.54) is 0 Å². The summed E-state index contributed by atoms with van der Waals surface area (Å²) in [5.74, 6) is 0.628. The van der Waals surface area contributed by atoms with Crippen molar-refractivity contribution in [2.45, 2.75) is 13.2 Å². The van der Waals surface area contributed by atoms with Crippen molar-refractivity contribution in [2.75, 3.05) is 7.11 Å². The first-order chi connectivity index (χ1) is 6.76. The van der Waals surface area contributed by atoms with Crippen LogP contribution in [-0.4, -0.2) is 17.3 Å². The highest BCUT2D eigenvalue weighted by atomic mass is 16.5. The van der Waals surface area contributed by atoms with Crippen molar-refractivity contribution < 1.29 is 14.9 Å². The summed E-state index contributed by atoms with van der Waals surface area (Å²) >= 11 is 0. The lowest BCUT2D eigenvalue weighted by Gasteiger charge is -2.11. The number of benzene rings is 1. The lowest BCUT2D eigenvalue weighted by atomic mass is 10.0. The molecule has 0 aliphatic rings. The zero-order valence-corrected chi connectivity index (χ0v) is 8.16. The minimum Gasteiger partial charge on any atom is -0.497 e. The van der Waals surface area contributed by atoms with Crippen molar-refractivity contribution >= 4 is 6.08 Å². The summed E-state index contributed by atoms with van der Waals surface area (Å²) in [5.41, 5.74) is 2.20. The Morgan fingerprint density at radius 1 is 1.29 bits per heavy atom. The molecule has 1 aromatic rings. The molecule has 0 aliphatic carbocycles. The second-order valence-corrected chi connectivity index (χ2v) is 2.88. The SMILES string of the molecule is C=Cc1c(CO)cc(OC)cc1CO. The first-order valence-corrected chi connectivity index (χ1v) is 4.30. The molecule has 0 bridgehead atoms. The van der Waals surface area contributed by atoms with Gasteiger partial charge in [-0.3, -0.25) is 0 Å². The maximum Gasteiger partial charge on any atom is 0.119 e. The Labute approximate surface area is 83.3 Å². The molecule has 0 aromatic heterocycles. The van der Waals surface area contributed by atoms with Gasteiger partial charge in [-0.2, -0.15) is 0 Å². The maximum absolute atomic E-state index is 9.10. The van der Waals surface area contributed by atoms with Crippen LogP contribution in [0, 0.1) is 0 Å². The first-order valence-electron chi connectivity index (χ1n) is 4.30. The lowest BCUT2D eigenvalue weighted by Crippen LogP contribution is -1.97. The third kappa shape index (κ3) is 1.95. The van der Waals surface area contributed by atoms with Crippen LogP contribution in [0.5, 0.6) is 5.75 Å². The van der Waals surface area contributed by atoms with Gasteiger partial charge in [-0.15, -0.1) is 0 Å². The average Bonchev–Trinajstić information content (AvgIpc) is 2.26. The summed E-state index contributed by atoms with van der Waals surface area (Å²) in [6.07, 6.45) is 1.62. The number of ether oxygens (including phenoxy) is 1. The summed E-state index contributed by atoms with van der Waals surface area (Å²) in [7, 11) is 1.55. The molecule has 3 nitrogen and oxygen atoms in total. The Morgan fingerprint density at radius 2 is 1.79 bits per heavy atom. The van der Waals surface area contributed by atoms with E-state index in [2.05, 4.69) is 6.58 Å². The smallest absolute Gasteiger partial charge is 0.119 e. The molecule has 76 valence electrons. The highest BCUT2D eigenvalue weighted by molar-refractivity contribution is 5.58. The zero-order chi connectivity index (χ0) is 10.6. The normalized spacial score (nSPS) is 9.93. The van der Waals surface area contributed by atoms with E-state index in [1.807, 2.05) is 0 Å². The quantitative estimate of drug-likeness (QED) is 0.760.